The Labute approximate surface area is 150 Å². The zero-order valence-corrected chi connectivity index (χ0v) is 15.7. The Morgan fingerprint density at radius 2 is 1.92 bits per heavy atom. The number of hydrogen-bond acceptors (Lipinski definition) is 3. The topological polar surface area (TPSA) is 58.6 Å². The van der Waals surface area contributed by atoms with Crippen molar-refractivity contribution < 1.29 is 14.3 Å². The maximum absolute atomic E-state index is 12.7. The van der Waals surface area contributed by atoms with Crippen molar-refractivity contribution in [3.05, 3.63) is 29.8 Å². The molecule has 0 bridgehead atoms. The maximum Gasteiger partial charge on any atom is 0.225 e. The lowest BCUT2D eigenvalue weighted by Gasteiger charge is -2.18. The molecule has 1 fully saturated rings. The van der Waals surface area contributed by atoms with Crippen molar-refractivity contribution in [3.8, 4) is 5.75 Å². The molecule has 0 spiro atoms. The fourth-order valence-electron chi connectivity index (χ4n) is 3.30. The van der Waals surface area contributed by atoms with Gasteiger partial charge in [0, 0.05) is 32.0 Å². The number of nitrogens with one attached hydrogen (secondary N) is 1. The molecule has 1 aliphatic rings. The highest BCUT2D eigenvalue weighted by Gasteiger charge is 2.39. The molecular formula is C20H30N2O3. The summed E-state index contributed by atoms with van der Waals surface area (Å²) in [6, 6.07) is 7.82. The molecule has 1 saturated heterocycles. The second-order valence-corrected chi connectivity index (χ2v) is 7.11. The molecule has 1 aliphatic heterocycles. The van der Waals surface area contributed by atoms with Crippen LogP contribution in [-0.2, 0) is 9.59 Å². The van der Waals surface area contributed by atoms with Crippen LogP contribution in [0, 0.1) is 11.8 Å². The summed E-state index contributed by atoms with van der Waals surface area (Å²) < 4.78 is 5.21. The molecule has 1 aromatic carbocycles. The molecular weight excluding hydrogens is 316 g/mol. The van der Waals surface area contributed by atoms with Gasteiger partial charge in [0.05, 0.1) is 13.0 Å². The average molecular weight is 346 g/mol. The second kappa shape index (κ2) is 8.88. The monoisotopic (exact) mass is 346 g/mol. The smallest absolute Gasteiger partial charge is 0.225 e. The summed E-state index contributed by atoms with van der Waals surface area (Å²) in [4.78, 5) is 26.7. The Kier molecular flexibility index (Phi) is 6.85. The molecule has 0 aromatic heterocycles. The lowest BCUT2D eigenvalue weighted by molar-refractivity contribution is -0.130. The van der Waals surface area contributed by atoms with Gasteiger partial charge >= 0.3 is 0 Å². The zero-order valence-electron chi connectivity index (χ0n) is 15.7. The molecule has 2 unspecified atom stereocenters. The van der Waals surface area contributed by atoms with Gasteiger partial charge in [-0.05, 0) is 30.0 Å². The summed E-state index contributed by atoms with van der Waals surface area (Å²) >= 11 is 0. The van der Waals surface area contributed by atoms with Gasteiger partial charge in [-0.3, -0.25) is 9.59 Å². The third-order valence-electron chi connectivity index (χ3n) is 4.88. The van der Waals surface area contributed by atoms with Gasteiger partial charge in [0.15, 0.2) is 0 Å². The quantitative estimate of drug-likeness (QED) is 0.826. The molecule has 1 N–H and O–H groups in total. The number of rotatable bonds is 7. The highest BCUT2D eigenvalue weighted by Crippen LogP contribution is 2.34. The van der Waals surface area contributed by atoms with Gasteiger partial charge < -0.3 is 15.0 Å². The molecule has 0 saturated carbocycles. The van der Waals surface area contributed by atoms with E-state index in [1.165, 1.54) is 0 Å². The number of carbonyl (C=O) groups excluding carboxylic acids is 2. The van der Waals surface area contributed by atoms with Crippen LogP contribution in [0.3, 0.4) is 0 Å². The first kappa shape index (κ1) is 19.3. The first-order valence-electron chi connectivity index (χ1n) is 9.15. The van der Waals surface area contributed by atoms with Crippen LogP contribution in [0.1, 0.15) is 45.1 Å². The molecule has 1 heterocycles. The van der Waals surface area contributed by atoms with E-state index in [2.05, 4.69) is 19.2 Å². The first-order chi connectivity index (χ1) is 12.0. The molecule has 5 heteroatoms. The Bertz CT molecular complexity index is 583. The number of benzene rings is 1. The number of likely N-dealkylation sites (tertiary alicyclic amines) is 1. The van der Waals surface area contributed by atoms with E-state index in [4.69, 9.17) is 4.74 Å². The molecule has 25 heavy (non-hydrogen) atoms. The second-order valence-electron chi connectivity index (χ2n) is 7.11. The minimum atomic E-state index is -0.198. The third-order valence-corrected chi connectivity index (χ3v) is 4.88. The van der Waals surface area contributed by atoms with Gasteiger partial charge in [0.2, 0.25) is 11.8 Å². The predicted molar refractivity (Wildman–Crippen MR) is 98.6 cm³/mol. The summed E-state index contributed by atoms with van der Waals surface area (Å²) in [7, 11) is 1.64. The lowest BCUT2D eigenvalue weighted by atomic mass is 9.88. The standard InChI is InChI=1S/C20H30N2O3/c1-5-19(23)22-12-17(15-6-8-16(25-4)9-7-15)18(13-22)20(24)21-11-10-14(2)3/h6-9,14,17-18H,5,10-13H2,1-4H3,(H,21,24). The van der Waals surface area contributed by atoms with Gasteiger partial charge in [-0.15, -0.1) is 0 Å². The number of amides is 2. The van der Waals surface area contributed by atoms with E-state index in [1.807, 2.05) is 36.1 Å². The van der Waals surface area contributed by atoms with Crippen LogP contribution >= 0.6 is 0 Å². The van der Waals surface area contributed by atoms with Gasteiger partial charge in [0.25, 0.3) is 0 Å². The molecule has 2 atom stereocenters. The number of hydrogen-bond donors (Lipinski definition) is 1. The van der Waals surface area contributed by atoms with Crippen LogP contribution < -0.4 is 10.1 Å². The minimum Gasteiger partial charge on any atom is -0.497 e. The Morgan fingerprint density at radius 1 is 1.24 bits per heavy atom. The van der Waals surface area contributed by atoms with Gasteiger partial charge in [-0.2, -0.15) is 0 Å². The summed E-state index contributed by atoms with van der Waals surface area (Å²) in [5, 5.41) is 3.05. The van der Waals surface area contributed by atoms with Crippen LogP contribution in [0.25, 0.3) is 0 Å². The van der Waals surface area contributed by atoms with E-state index < -0.39 is 0 Å². The first-order valence-corrected chi connectivity index (χ1v) is 9.15. The number of carbonyl (C=O) groups is 2. The van der Waals surface area contributed by atoms with Crippen molar-refractivity contribution in [1.82, 2.24) is 10.2 Å². The SMILES string of the molecule is CCC(=O)N1CC(C(=O)NCCC(C)C)C(c2ccc(OC)cc2)C1. The van der Waals surface area contributed by atoms with Gasteiger partial charge in [0.1, 0.15) is 5.75 Å². The van der Waals surface area contributed by atoms with Crippen molar-refractivity contribution in [2.75, 3.05) is 26.7 Å². The van der Waals surface area contributed by atoms with E-state index in [0.29, 0.717) is 32.0 Å². The van der Waals surface area contributed by atoms with Crippen LogP contribution in [-0.4, -0.2) is 43.5 Å². The van der Waals surface area contributed by atoms with E-state index in [1.54, 1.807) is 7.11 Å². The lowest BCUT2D eigenvalue weighted by Crippen LogP contribution is -2.36. The number of ether oxygens (including phenoxy) is 1. The summed E-state index contributed by atoms with van der Waals surface area (Å²) in [6.07, 6.45) is 1.43. The zero-order chi connectivity index (χ0) is 18.4. The van der Waals surface area contributed by atoms with Crippen molar-refractivity contribution in [2.24, 2.45) is 11.8 Å². The van der Waals surface area contributed by atoms with Crippen molar-refractivity contribution in [2.45, 2.75) is 39.5 Å². The summed E-state index contributed by atoms with van der Waals surface area (Å²) in [6.45, 7) is 7.93. The van der Waals surface area contributed by atoms with Crippen LogP contribution in [0.5, 0.6) is 5.75 Å². The number of nitrogens with zero attached hydrogens (tertiary/aromatic N) is 1. The van der Waals surface area contributed by atoms with Gasteiger partial charge in [-0.1, -0.05) is 32.9 Å². The Balaban J connectivity index is 2.13. The normalized spacial score (nSPS) is 20.0. The van der Waals surface area contributed by atoms with Crippen molar-refractivity contribution >= 4 is 11.8 Å². The molecule has 1 aromatic rings. The fourth-order valence-corrected chi connectivity index (χ4v) is 3.30. The highest BCUT2D eigenvalue weighted by molar-refractivity contribution is 5.83. The Morgan fingerprint density at radius 3 is 2.48 bits per heavy atom. The van der Waals surface area contributed by atoms with Crippen LogP contribution in [0.2, 0.25) is 0 Å². The van der Waals surface area contributed by atoms with E-state index in [0.717, 1.165) is 17.7 Å². The van der Waals surface area contributed by atoms with Crippen molar-refractivity contribution in [3.63, 3.8) is 0 Å². The average Bonchev–Trinajstić information content (AvgIpc) is 3.06. The molecule has 2 rings (SSSR count). The summed E-state index contributed by atoms with van der Waals surface area (Å²) in [5.41, 5.74) is 1.08. The minimum absolute atomic E-state index is 0.0282. The molecule has 0 radical (unpaired) electrons. The maximum atomic E-state index is 12.7. The van der Waals surface area contributed by atoms with Crippen LogP contribution in [0.15, 0.2) is 24.3 Å². The largest absolute Gasteiger partial charge is 0.497 e. The third kappa shape index (κ3) is 4.97. The molecule has 2 amide bonds. The van der Waals surface area contributed by atoms with Crippen LogP contribution in [0.4, 0.5) is 0 Å². The molecule has 0 aliphatic carbocycles. The number of methoxy groups -OCH3 is 1. The Hall–Kier alpha value is -2.04. The molecule has 138 valence electrons. The van der Waals surface area contributed by atoms with Gasteiger partial charge in [-0.25, -0.2) is 0 Å². The summed E-state index contributed by atoms with van der Waals surface area (Å²) in [5.74, 6) is 1.33. The molecule has 5 nitrogen and oxygen atoms in total. The highest BCUT2D eigenvalue weighted by atomic mass is 16.5. The van der Waals surface area contributed by atoms with E-state index >= 15 is 0 Å². The van der Waals surface area contributed by atoms with Crippen molar-refractivity contribution in [1.29, 1.82) is 0 Å². The van der Waals surface area contributed by atoms with E-state index in [-0.39, 0.29) is 23.7 Å². The predicted octanol–water partition coefficient (Wildman–Crippen LogP) is 2.81. The van der Waals surface area contributed by atoms with E-state index in [9.17, 15) is 9.59 Å². The fraction of sp³-hybridized carbons (Fsp3) is 0.600.